The van der Waals surface area contributed by atoms with Crippen molar-refractivity contribution in [3.8, 4) is 0 Å². The lowest BCUT2D eigenvalue weighted by Crippen LogP contribution is -2.50. The van der Waals surface area contributed by atoms with Gasteiger partial charge in [-0.1, -0.05) is 37.3 Å². The molecule has 1 aromatic rings. The number of hydrogen-bond acceptors (Lipinski definition) is 5. The summed E-state index contributed by atoms with van der Waals surface area (Å²) in [6, 6.07) is 8.63. The lowest BCUT2D eigenvalue weighted by Gasteiger charge is -2.24. The molecule has 2 N–H and O–H groups in total. The number of nitrogens with one attached hydrogen (secondary N) is 2. The highest BCUT2D eigenvalue weighted by atomic mass is 16.6. The van der Waals surface area contributed by atoms with Gasteiger partial charge in [0.2, 0.25) is 5.91 Å². The van der Waals surface area contributed by atoms with Crippen LogP contribution in [0.3, 0.4) is 0 Å². The Balaban J connectivity index is 2.70. The number of alkyl carbamates (subject to hydrolysis) is 1. The minimum absolute atomic E-state index is 0.0816. The average Bonchev–Trinajstić information content (AvgIpc) is 2.58. The molecule has 0 fully saturated rings. The zero-order valence-electron chi connectivity index (χ0n) is 17.4. The van der Waals surface area contributed by atoms with Crippen LogP contribution < -0.4 is 10.6 Å². The molecule has 1 rings (SSSR count). The lowest BCUT2D eigenvalue weighted by molar-refractivity contribution is -0.144. The van der Waals surface area contributed by atoms with Crippen LogP contribution in [0.4, 0.5) is 4.79 Å². The summed E-state index contributed by atoms with van der Waals surface area (Å²) in [6.45, 7) is 9.52. The van der Waals surface area contributed by atoms with Crippen molar-refractivity contribution in [2.45, 2.75) is 59.1 Å². The highest BCUT2D eigenvalue weighted by molar-refractivity contribution is 5.86. The first-order chi connectivity index (χ1) is 13.1. The molecule has 0 saturated carbocycles. The van der Waals surface area contributed by atoms with Crippen LogP contribution in [0.15, 0.2) is 30.3 Å². The van der Waals surface area contributed by atoms with Gasteiger partial charge < -0.3 is 20.1 Å². The second-order valence-electron chi connectivity index (χ2n) is 7.75. The summed E-state index contributed by atoms with van der Waals surface area (Å²) in [6.07, 6.45) is -0.0991. The number of amides is 2. The van der Waals surface area contributed by atoms with Crippen molar-refractivity contribution in [3.63, 3.8) is 0 Å². The molecule has 7 heteroatoms. The maximum Gasteiger partial charge on any atom is 0.408 e. The summed E-state index contributed by atoms with van der Waals surface area (Å²) in [5, 5.41) is 5.44. The summed E-state index contributed by atoms with van der Waals surface area (Å²) in [5.74, 6) is -0.704. The third kappa shape index (κ3) is 9.94. The number of ether oxygens (including phenoxy) is 2. The van der Waals surface area contributed by atoms with Crippen molar-refractivity contribution < 1.29 is 23.9 Å². The summed E-state index contributed by atoms with van der Waals surface area (Å²) >= 11 is 0. The van der Waals surface area contributed by atoms with Crippen molar-refractivity contribution in [1.29, 1.82) is 0 Å². The number of hydrogen-bond donors (Lipinski definition) is 2. The van der Waals surface area contributed by atoms with E-state index in [1.165, 1.54) is 0 Å². The van der Waals surface area contributed by atoms with E-state index in [-0.39, 0.29) is 24.2 Å². The van der Waals surface area contributed by atoms with Crippen LogP contribution in [-0.4, -0.2) is 42.8 Å². The fraction of sp³-hybridized carbons (Fsp3) is 0.571. The lowest BCUT2D eigenvalue weighted by atomic mass is 10.0. The minimum Gasteiger partial charge on any atom is -0.466 e. The first-order valence-electron chi connectivity index (χ1n) is 9.57. The number of carbonyl (C=O) groups is 3. The maximum absolute atomic E-state index is 12.7. The number of benzene rings is 1. The molecule has 156 valence electrons. The van der Waals surface area contributed by atoms with Gasteiger partial charge in [0.25, 0.3) is 0 Å². The molecule has 1 aromatic carbocycles. The Morgan fingerprint density at radius 1 is 1.11 bits per heavy atom. The normalized spacial score (nSPS) is 13.2. The van der Waals surface area contributed by atoms with Gasteiger partial charge in [-0.2, -0.15) is 0 Å². The SMILES string of the molecule is CCOC(=O)CC(C)CNC(=O)C(Cc1ccccc1)NC(=O)OC(C)(C)C. The fourth-order valence-corrected chi connectivity index (χ4v) is 2.48. The van der Waals surface area contributed by atoms with Gasteiger partial charge in [-0.25, -0.2) is 4.79 Å². The molecular weight excluding hydrogens is 360 g/mol. The van der Waals surface area contributed by atoms with E-state index in [0.29, 0.717) is 19.6 Å². The number of esters is 1. The Labute approximate surface area is 167 Å². The smallest absolute Gasteiger partial charge is 0.408 e. The third-order valence-corrected chi connectivity index (χ3v) is 3.74. The van der Waals surface area contributed by atoms with E-state index >= 15 is 0 Å². The highest BCUT2D eigenvalue weighted by Crippen LogP contribution is 2.09. The van der Waals surface area contributed by atoms with E-state index in [0.717, 1.165) is 5.56 Å². The largest absolute Gasteiger partial charge is 0.466 e. The van der Waals surface area contributed by atoms with E-state index in [1.807, 2.05) is 37.3 Å². The van der Waals surface area contributed by atoms with Crippen LogP contribution in [-0.2, 0) is 25.5 Å². The summed E-state index contributed by atoms with van der Waals surface area (Å²) in [7, 11) is 0. The van der Waals surface area contributed by atoms with E-state index in [2.05, 4.69) is 10.6 Å². The fourth-order valence-electron chi connectivity index (χ4n) is 2.48. The van der Waals surface area contributed by atoms with E-state index in [9.17, 15) is 14.4 Å². The molecule has 0 spiro atoms. The van der Waals surface area contributed by atoms with Gasteiger partial charge >= 0.3 is 12.1 Å². The van der Waals surface area contributed by atoms with Crippen molar-refractivity contribution in [3.05, 3.63) is 35.9 Å². The van der Waals surface area contributed by atoms with E-state index < -0.39 is 17.7 Å². The molecule has 7 nitrogen and oxygen atoms in total. The predicted molar refractivity (Wildman–Crippen MR) is 107 cm³/mol. The van der Waals surface area contributed by atoms with Gasteiger partial charge in [0.15, 0.2) is 0 Å². The van der Waals surface area contributed by atoms with Gasteiger partial charge in [0.1, 0.15) is 11.6 Å². The quantitative estimate of drug-likeness (QED) is 0.630. The zero-order valence-corrected chi connectivity index (χ0v) is 17.4. The molecule has 0 aliphatic rings. The molecule has 2 unspecified atom stereocenters. The molecule has 0 bridgehead atoms. The Kier molecular flexibility index (Phi) is 9.48. The molecular formula is C21H32N2O5. The van der Waals surface area contributed by atoms with Crippen LogP contribution in [0.2, 0.25) is 0 Å². The number of carbonyl (C=O) groups excluding carboxylic acids is 3. The van der Waals surface area contributed by atoms with Gasteiger partial charge in [0, 0.05) is 19.4 Å². The molecule has 0 aliphatic carbocycles. The van der Waals surface area contributed by atoms with Gasteiger partial charge in [-0.15, -0.1) is 0 Å². The first kappa shape index (κ1) is 23.5. The minimum atomic E-state index is -0.785. The summed E-state index contributed by atoms with van der Waals surface area (Å²) < 4.78 is 10.2. The third-order valence-electron chi connectivity index (χ3n) is 3.74. The highest BCUT2D eigenvalue weighted by Gasteiger charge is 2.25. The number of rotatable bonds is 9. The Morgan fingerprint density at radius 2 is 1.75 bits per heavy atom. The second kappa shape index (κ2) is 11.3. The van der Waals surface area contributed by atoms with Crippen LogP contribution in [0.1, 0.15) is 46.6 Å². The van der Waals surface area contributed by atoms with Crippen LogP contribution >= 0.6 is 0 Å². The molecule has 0 aliphatic heterocycles. The molecule has 0 saturated heterocycles. The van der Waals surface area contributed by atoms with E-state index in [1.54, 1.807) is 27.7 Å². The van der Waals surface area contributed by atoms with Crippen molar-refractivity contribution in [2.24, 2.45) is 5.92 Å². The predicted octanol–water partition coefficient (Wildman–Crippen LogP) is 2.83. The molecule has 0 aromatic heterocycles. The summed E-state index contributed by atoms with van der Waals surface area (Å²) in [5.41, 5.74) is 0.254. The van der Waals surface area contributed by atoms with Crippen molar-refractivity contribution >= 4 is 18.0 Å². The second-order valence-corrected chi connectivity index (χ2v) is 7.75. The Bertz CT molecular complexity index is 640. The van der Waals surface area contributed by atoms with E-state index in [4.69, 9.17) is 9.47 Å². The standard InChI is InChI=1S/C21H32N2O5/c1-6-27-18(24)12-15(2)14-22-19(25)17(13-16-10-8-7-9-11-16)23-20(26)28-21(3,4)5/h7-11,15,17H,6,12-14H2,1-5H3,(H,22,25)(H,23,26). The van der Waals surface area contributed by atoms with Gasteiger partial charge in [-0.3, -0.25) is 9.59 Å². The molecule has 0 heterocycles. The first-order valence-corrected chi connectivity index (χ1v) is 9.57. The Morgan fingerprint density at radius 3 is 2.32 bits per heavy atom. The Hall–Kier alpha value is -2.57. The van der Waals surface area contributed by atoms with Crippen molar-refractivity contribution in [1.82, 2.24) is 10.6 Å². The summed E-state index contributed by atoms with van der Waals surface area (Å²) in [4.78, 5) is 36.4. The zero-order chi connectivity index (χ0) is 21.2. The van der Waals surface area contributed by atoms with Crippen molar-refractivity contribution in [2.75, 3.05) is 13.2 Å². The molecule has 2 amide bonds. The van der Waals surface area contributed by atoms with Crippen LogP contribution in [0.5, 0.6) is 0 Å². The van der Waals surface area contributed by atoms with Gasteiger partial charge in [0.05, 0.1) is 6.61 Å². The van der Waals surface area contributed by atoms with Crippen LogP contribution in [0, 0.1) is 5.92 Å². The molecule has 0 radical (unpaired) electrons. The maximum atomic E-state index is 12.7. The topological polar surface area (TPSA) is 93.7 Å². The monoisotopic (exact) mass is 392 g/mol. The molecule has 2 atom stereocenters. The van der Waals surface area contributed by atoms with Gasteiger partial charge in [-0.05, 0) is 39.2 Å². The average molecular weight is 392 g/mol. The van der Waals surface area contributed by atoms with Crippen LogP contribution in [0.25, 0.3) is 0 Å². The molecule has 28 heavy (non-hydrogen) atoms.